The van der Waals surface area contributed by atoms with Gasteiger partial charge < -0.3 is 19.0 Å². The molecule has 0 radical (unpaired) electrons. The van der Waals surface area contributed by atoms with Crippen LogP contribution in [0.4, 0.5) is 4.39 Å². The molecule has 8 heteroatoms. The minimum atomic E-state index is -0.561. The fraction of sp³-hybridized carbons (Fsp3) is 0.346. The Morgan fingerprint density at radius 1 is 1.21 bits per heavy atom. The number of benzene rings is 1. The first-order valence-electron chi connectivity index (χ1n) is 11.3. The van der Waals surface area contributed by atoms with Gasteiger partial charge in [0.05, 0.1) is 31.2 Å². The van der Waals surface area contributed by atoms with Crippen molar-refractivity contribution in [1.29, 1.82) is 0 Å². The third-order valence-electron chi connectivity index (χ3n) is 6.18. The maximum Gasteiger partial charge on any atom is 0.255 e. The molecule has 3 aromatic rings. The number of amides is 2. The van der Waals surface area contributed by atoms with E-state index in [2.05, 4.69) is 0 Å². The topological polar surface area (TPSA) is 75.9 Å². The first-order chi connectivity index (χ1) is 16.4. The highest BCUT2D eigenvalue weighted by Crippen LogP contribution is 2.31. The average molecular weight is 466 g/mol. The Labute approximate surface area is 198 Å². The number of nitrogens with zero attached hydrogens (tertiary/aromatic N) is 3. The summed E-state index contributed by atoms with van der Waals surface area (Å²) in [6.07, 6.45) is 2.92. The van der Waals surface area contributed by atoms with E-state index in [9.17, 15) is 14.0 Å². The summed E-state index contributed by atoms with van der Waals surface area (Å²) in [6, 6.07) is 11.5. The molecule has 0 N–H and O–H groups in total. The van der Waals surface area contributed by atoms with Crippen molar-refractivity contribution in [2.45, 2.75) is 32.2 Å². The van der Waals surface area contributed by atoms with E-state index in [4.69, 9.17) is 14.1 Å². The van der Waals surface area contributed by atoms with Crippen molar-refractivity contribution >= 4 is 11.8 Å². The van der Waals surface area contributed by atoms with Crippen molar-refractivity contribution in [3.63, 3.8) is 0 Å². The molecule has 4 rings (SSSR count). The molecule has 1 aromatic carbocycles. The minimum Gasteiger partial charge on any atom is -0.494 e. The number of furan rings is 1. The van der Waals surface area contributed by atoms with Crippen molar-refractivity contribution in [3.8, 4) is 5.75 Å². The number of aryl methyl sites for hydroxylation is 1. The second-order valence-electron chi connectivity index (χ2n) is 8.54. The molecule has 2 amide bonds. The summed E-state index contributed by atoms with van der Waals surface area (Å²) in [5, 5.41) is 0. The summed E-state index contributed by atoms with van der Waals surface area (Å²) in [5.74, 6) is -0.0337. The van der Waals surface area contributed by atoms with E-state index < -0.39 is 5.82 Å². The molecule has 0 atom stereocenters. The third kappa shape index (κ3) is 4.95. The number of carbonyl (C=O) groups excluding carboxylic acids is 2. The highest BCUT2D eigenvalue weighted by Gasteiger charge is 2.29. The highest BCUT2D eigenvalue weighted by molar-refractivity contribution is 5.95. The van der Waals surface area contributed by atoms with Gasteiger partial charge >= 0.3 is 0 Å². The van der Waals surface area contributed by atoms with E-state index in [1.165, 1.54) is 19.2 Å². The zero-order valence-electron chi connectivity index (χ0n) is 19.6. The fourth-order valence-corrected chi connectivity index (χ4v) is 4.32. The summed E-state index contributed by atoms with van der Waals surface area (Å²) in [6.45, 7) is 3.27. The summed E-state index contributed by atoms with van der Waals surface area (Å²) >= 11 is 0. The van der Waals surface area contributed by atoms with Crippen LogP contribution < -0.4 is 4.74 Å². The molecular weight excluding hydrogens is 437 g/mol. The number of likely N-dealkylation sites (tertiary alicyclic amines) is 1. The number of ether oxygens (including phenoxy) is 1. The van der Waals surface area contributed by atoms with Gasteiger partial charge in [-0.15, -0.1) is 0 Å². The van der Waals surface area contributed by atoms with Crippen LogP contribution in [0.15, 0.2) is 53.1 Å². The van der Waals surface area contributed by atoms with E-state index in [-0.39, 0.29) is 23.5 Å². The SMILES string of the molecule is COc1ccc(C(=O)N2CCC(c3nc(C)ccc3C(=O)N(C)Cc3ccco3)CC2)cc1F. The van der Waals surface area contributed by atoms with Crippen LogP contribution in [0.5, 0.6) is 5.75 Å². The summed E-state index contributed by atoms with van der Waals surface area (Å²) in [4.78, 5) is 34.2. The Hall–Kier alpha value is -3.68. The van der Waals surface area contributed by atoms with Crippen LogP contribution in [0.2, 0.25) is 0 Å². The van der Waals surface area contributed by atoms with Gasteiger partial charge in [-0.25, -0.2) is 4.39 Å². The summed E-state index contributed by atoms with van der Waals surface area (Å²) in [5.41, 5.74) is 2.47. The summed E-state index contributed by atoms with van der Waals surface area (Å²) < 4.78 is 24.4. The zero-order valence-corrected chi connectivity index (χ0v) is 19.6. The fourth-order valence-electron chi connectivity index (χ4n) is 4.32. The van der Waals surface area contributed by atoms with Crippen molar-refractivity contribution in [3.05, 3.63) is 82.8 Å². The van der Waals surface area contributed by atoms with Gasteiger partial charge in [-0.3, -0.25) is 14.6 Å². The predicted octanol–water partition coefficient (Wildman–Crippen LogP) is 4.42. The quantitative estimate of drug-likeness (QED) is 0.539. The minimum absolute atomic E-state index is 0.0486. The maximum atomic E-state index is 14.1. The second-order valence-corrected chi connectivity index (χ2v) is 8.54. The molecule has 0 saturated carbocycles. The molecule has 0 aliphatic carbocycles. The molecule has 178 valence electrons. The molecule has 7 nitrogen and oxygen atoms in total. The molecule has 0 unspecified atom stereocenters. The van der Waals surface area contributed by atoms with Crippen molar-refractivity contribution < 1.29 is 23.1 Å². The number of hydrogen-bond acceptors (Lipinski definition) is 5. The number of methoxy groups -OCH3 is 1. The average Bonchev–Trinajstić information content (AvgIpc) is 3.36. The molecule has 1 saturated heterocycles. The molecule has 1 aliphatic rings. The smallest absolute Gasteiger partial charge is 0.255 e. The Bertz CT molecular complexity index is 1170. The predicted molar refractivity (Wildman–Crippen MR) is 124 cm³/mol. The number of aromatic nitrogens is 1. The van der Waals surface area contributed by atoms with Crippen LogP contribution in [-0.4, -0.2) is 53.8 Å². The normalized spacial score (nSPS) is 14.2. The lowest BCUT2D eigenvalue weighted by molar-refractivity contribution is 0.0705. The Morgan fingerprint density at radius 3 is 2.62 bits per heavy atom. The van der Waals surface area contributed by atoms with Crippen LogP contribution >= 0.6 is 0 Å². The standard InChI is InChI=1S/C26H28FN3O4/c1-17-6-8-21(26(32)29(2)16-20-5-4-14-34-20)24(28-17)18-10-12-30(13-11-18)25(31)19-7-9-23(33-3)22(27)15-19/h4-9,14-15,18H,10-13,16H2,1-3H3. The highest BCUT2D eigenvalue weighted by atomic mass is 19.1. The van der Waals surface area contributed by atoms with Crippen LogP contribution in [0.3, 0.4) is 0 Å². The molecular formula is C26H28FN3O4. The second kappa shape index (κ2) is 10.1. The Morgan fingerprint density at radius 2 is 1.97 bits per heavy atom. The molecule has 1 aliphatic heterocycles. The van der Waals surface area contributed by atoms with Gasteiger partial charge in [-0.1, -0.05) is 0 Å². The first kappa shape index (κ1) is 23.5. The van der Waals surface area contributed by atoms with Gasteiger partial charge in [0.1, 0.15) is 5.76 Å². The van der Waals surface area contributed by atoms with Gasteiger partial charge in [0.2, 0.25) is 0 Å². The van der Waals surface area contributed by atoms with Crippen molar-refractivity contribution in [2.24, 2.45) is 0 Å². The monoisotopic (exact) mass is 465 g/mol. The van der Waals surface area contributed by atoms with Gasteiger partial charge in [0.15, 0.2) is 11.6 Å². The lowest BCUT2D eigenvalue weighted by atomic mass is 9.89. The van der Waals surface area contributed by atoms with E-state index in [0.717, 1.165) is 11.4 Å². The lowest BCUT2D eigenvalue weighted by Crippen LogP contribution is -2.38. The van der Waals surface area contributed by atoms with Gasteiger partial charge in [0, 0.05) is 37.3 Å². The molecule has 2 aromatic heterocycles. The van der Waals surface area contributed by atoms with Crippen LogP contribution in [0, 0.1) is 12.7 Å². The van der Waals surface area contributed by atoms with E-state index in [0.29, 0.717) is 49.4 Å². The number of rotatable bonds is 6. The van der Waals surface area contributed by atoms with E-state index in [1.54, 1.807) is 35.2 Å². The maximum absolute atomic E-state index is 14.1. The molecule has 34 heavy (non-hydrogen) atoms. The number of halogens is 1. The first-order valence-corrected chi connectivity index (χ1v) is 11.3. The van der Waals surface area contributed by atoms with Crippen LogP contribution in [0.1, 0.15) is 56.6 Å². The van der Waals surface area contributed by atoms with E-state index >= 15 is 0 Å². The van der Waals surface area contributed by atoms with E-state index in [1.807, 2.05) is 25.1 Å². The Balaban J connectivity index is 1.46. The number of piperidine rings is 1. The molecule has 3 heterocycles. The van der Waals surface area contributed by atoms with Crippen molar-refractivity contribution in [2.75, 3.05) is 27.2 Å². The lowest BCUT2D eigenvalue weighted by Gasteiger charge is -2.33. The van der Waals surface area contributed by atoms with Crippen molar-refractivity contribution in [1.82, 2.24) is 14.8 Å². The number of pyridine rings is 1. The number of carbonyl (C=O) groups is 2. The summed E-state index contributed by atoms with van der Waals surface area (Å²) in [7, 11) is 3.13. The third-order valence-corrected chi connectivity index (χ3v) is 6.18. The van der Waals surface area contributed by atoms with Gasteiger partial charge in [-0.05, 0) is 62.2 Å². The number of hydrogen-bond donors (Lipinski definition) is 0. The molecule has 0 bridgehead atoms. The molecule has 1 fully saturated rings. The van der Waals surface area contributed by atoms with Gasteiger partial charge in [-0.2, -0.15) is 0 Å². The van der Waals surface area contributed by atoms with Gasteiger partial charge in [0.25, 0.3) is 11.8 Å². The van der Waals surface area contributed by atoms with Crippen LogP contribution in [0.25, 0.3) is 0 Å². The largest absolute Gasteiger partial charge is 0.494 e. The zero-order chi connectivity index (χ0) is 24.2. The van der Waals surface area contributed by atoms with Crippen LogP contribution in [-0.2, 0) is 6.54 Å². The molecule has 0 spiro atoms. The Kier molecular flexibility index (Phi) is 6.95.